The van der Waals surface area contributed by atoms with Crippen LogP contribution in [0.5, 0.6) is 5.75 Å². The second-order valence-corrected chi connectivity index (χ2v) is 7.27. The Bertz CT molecular complexity index is 1160. The second kappa shape index (κ2) is 11.1. The number of carbonyl (C=O) groups excluding carboxylic acids is 3. The maximum Gasteiger partial charge on any atom is 0.345 e. The Labute approximate surface area is 194 Å². The molecule has 0 unspecified atom stereocenters. The molecule has 0 radical (unpaired) electrons. The molecule has 0 aliphatic heterocycles. The van der Waals surface area contributed by atoms with Crippen molar-refractivity contribution in [1.29, 1.82) is 0 Å². The number of amides is 2. The number of rotatable bonds is 7. The van der Waals surface area contributed by atoms with Gasteiger partial charge >= 0.3 is 5.97 Å². The maximum absolute atomic E-state index is 12.2. The van der Waals surface area contributed by atoms with Gasteiger partial charge in [0.05, 0.1) is 23.3 Å². The van der Waals surface area contributed by atoms with Crippen molar-refractivity contribution in [1.82, 2.24) is 10.7 Å². The highest BCUT2D eigenvalue weighted by molar-refractivity contribution is 6.33. The molecule has 0 saturated carbocycles. The van der Waals surface area contributed by atoms with E-state index in [1.807, 2.05) is 0 Å². The van der Waals surface area contributed by atoms with Crippen LogP contribution in [0.4, 0.5) is 0 Å². The molecule has 0 aliphatic carbocycles. The van der Waals surface area contributed by atoms with Crippen LogP contribution in [0.25, 0.3) is 0 Å². The molecule has 3 aromatic carbocycles. The molecule has 7 nitrogen and oxygen atoms in total. The molecule has 0 spiro atoms. The first-order chi connectivity index (χ1) is 15.4. The van der Waals surface area contributed by atoms with E-state index < -0.39 is 17.8 Å². The second-order valence-electron chi connectivity index (χ2n) is 6.42. The van der Waals surface area contributed by atoms with E-state index in [-0.39, 0.29) is 12.1 Å². The van der Waals surface area contributed by atoms with Crippen LogP contribution in [-0.2, 0) is 4.79 Å². The SMILES string of the molecule is O=C(CNC(=O)c1cccc(Cl)c1)N/N=C\c1ccc(OC(=O)c2ccccc2Cl)cc1. The number of benzene rings is 3. The van der Waals surface area contributed by atoms with Crippen LogP contribution in [0, 0.1) is 0 Å². The molecule has 2 amide bonds. The lowest BCUT2D eigenvalue weighted by atomic mass is 10.2. The third-order valence-electron chi connectivity index (χ3n) is 4.08. The van der Waals surface area contributed by atoms with Gasteiger partial charge in [0.25, 0.3) is 11.8 Å². The van der Waals surface area contributed by atoms with Crippen molar-refractivity contribution < 1.29 is 19.1 Å². The standard InChI is InChI=1S/C23H17Cl2N3O4/c24-17-5-3-4-16(12-17)22(30)26-14-21(29)28-27-13-15-8-10-18(11-9-15)32-23(31)19-6-1-2-7-20(19)25/h1-13H,14H2,(H,26,30)(H,28,29)/b27-13-. The number of nitrogens with zero attached hydrogens (tertiary/aromatic N) is 1. The monoisotopic (exact) mass is 469 g/mol. The van der Waals surface area contributed by atoms with Crippen LogP contribution < -0.4 is 15.5 Å². The first-order valence-electron chi connectivity index (χ1n) is 9.35. The Morgan fingerprint density at radius 1 is 0.938 bits per heavy atom. The van der Waals surface area contributed by atoms with Crippen molar-refractivity contribution >= 4 is 47.2 Å². The predicted molar refractivity (Wildman–Crippen MR) is 122 cm³/mol. The largest absolute Gasteiger partial charge is 0.423 e. The lowest BCUT2D eigenvalue weighted by Gasteiger charge is -2.06. The Balaban J connectivity index is 1.46. The van der Waals surface area contributed by atoms with Gasteiger partial charge in [0.1, 0.15) is 5.75 Å². The lowest BCUT2D eigenvalue weighted by molar-refractivity contribution is -0.120. The fourth-order valence-electron chi connectivity index (χ4n) is 2.52. The summed E-state index contributed by atoms with van der Waals surface area (Å²) >= 11 is 11.8. The number of nitrogens with one attached hydrogen (secondary N) is 2. The van der Waals surface area contributed by atoms with E-state index in [2.05, 4.69) is 15.8 Å². The van der Waals surface area contributed by atoms with Crippen molar-refractivity contribution in [3.8, 4) is 5.75 Å². The van der Waals surface area contributed by atoms with Crippen molar-refractivity contribution in [3.05, 3.63) is 99.5 Å². The fraction of sp³-hybridized carbons (Fsp3) is 0.0435. The summed E-state index contributed by atoms with van der Waals surface area (Å²) in [7, 11) is 0. The third kappa shape index (κ3) is 6.66. The highest BCUT2D eigenvalue weighted by Crippen LogP contribution is 2.19. The Kier molecular flexibility index (Phi) is 7.96. The molecule has 0 fully saturated rings. The van der Waals surface area contributed by atoms with Gasteiger partial charge in [-0.3, -0.25) is 9.59 Å². The molecule has 9 heteroatoms. The normalized spacial score (nSPS) is 10.6. The molecule has 3 rings (SSSR count). The van der Waals surface area contributed by atoms with Crippen LogP contribution in [0.2, 0.25) is 10.0 Å². The Morgan fingerprint density at radius 2 is 1.69 bits per heavy atom. The van der Waals surface area contributed by atoms with Gasteiger partial charge in [-0.25, -0.2) is 10.2 Å². The predicted octanol–water partition coefficient (Wildman–Crippen LogP) is 4.09. The summed E-state index contributed by atoms with van der Waals surface area (Å²) in [6, 6.07) is 19.5. The minimum absolute atomic E-state index is 0.250. The van der Waals surface area contributed by atoms with Crippen LogP contribution in [0.1, 0.15) is 26.3 Å². The first-order valence-corrected chi connectivity index (χ1v) is 10.1. The van der Waals surface area contributed by atoms with Gasteiger partial charge in [0.15, 0.2) is 0 Å². The zero-order chi connectivity index (χ0) is 22.9. The zero-order valence-corrected chi connectivity index (χ0v) is 18.1. The Hall–Kier alpha value is -3.68. The minimum atomic E-state index is -0.566. The maximum atomic E-state index is 12.2. The van der Waals surface area contributed by atoms with E-state index >= 15 is 0 Å². The summed E-state index contributed by atoms with van der Waals surface area (Å²) in [5, 5.41) is 7.04. The molecule has 0 saturated heterocycles. The molecule has 0 bridgehead atoms. The topological polar surface area (TPSA) is 96.9 Å². The van der Waals surface area contributed by atoms with E-state index in [9.17, 15) is 14.4 Å². The van der Waals surface area contributed by atoms with E-state index in [0.29, 0.717) is 26.9 Å². The van der Waals surface area contributed by atoms with Crippen molar-refractivity contribution in [3.63, 3.8) is 0 Å². The van der Waals surface area contributed by atoms with E-state index in [0.717, 1.165) is 0 Å². The molecule has 162 valence electrons. The fourth-order valence-corrected chi connectivity index (χ4v) is 2.92. The summed E-state index contributed by atoms with van der Waals surface area (Å²) in [6.07, 6.45) is 1.41. The van der Waals surface area contributed by atoms with Gasteiger partial charge < -0.3 is 10.1 Å². The van der Waals surface area contributed by atoms with Crippen molar-refractivity contribution in [2.24, 2.45) is 5.10 Å². The van der Waals surface area contributed by atoms with Gasteiger partial charge in [0.2, 0.25) is 0 Å². The minimum Gasteiger partial charge on any atom is -0.423 e. The van der Waals surface area contributed by atoms with Gasteiger partial charge in [0, 0.05) is 10.6 Å². The average Bonchev–Trinajstić information content (AvgIpc) is 2.79. The molecule has 32 heavy (non-hydrogen) atoms. The van der Waals surface area contributed by atoms with E-state index in [4.69, 9.17) is 27.9 Å². The number of ether oxygens (including phenoxy) is 1. The summed E-state index contributed by atoms with van der Waals surface area (Å²) in [5.41, 5.74) is 3.59. The van der Waals surface area contributed by atoms with E-state index in [1.165, 1.54) is 12.3 Å². The molecule has 0 aromatic heterocycles. The number of esters is 1. The van der Waals surface area contributed by atoms with Gasteiger partial charge in [-0.15, -0.1) is 0 Å². The summed E-state index contributed by atoms with van der Waals surface area (Å²) in [6.45, 7) is -0.250. The van der Waals surface area contributed by atoms with Crippen LogP contribution in [0.15, 0.2) is 77.9 Å². The lowest BCUT2D eigenvalue weighted by Crippen LogP contribution is -2.34. The number of hydrogen-bond donors (Lipinski definition) is 2. The Morgan fingerprint density at radius 3 is 2.41 bits per heavy atom. The third-order valence-corrected chi connectivity index (χ3v) is 4.65. The van der Waals surface area contributed by atoms with Crippen molar-refractivity contribution in [2.45, 2.75) is 0 Å². The molecule has 0 atom stereocenters. The number of hydrogen-bond acceptors (Lipinski definition) is 5. The zero-order valence-electron chi connectivity index (χ0n) is 16.5. The molecular weight excluding hydrogens is 453 g/mol. The van der Waals surface area contributed by atoms with Gasteiger partial charge in [-0.1, -0.05) is 41.4 Å². The van der Waals surface area contributed by atoms with Crippen LogP contribution in [-0.4, -0.2) is 30.5 Å². The molecule has 0 aliphatic rings. The molecule has 0 heterocycles. The summed E-state index contributed by atoms with van der Waals surface area (Å²) in [5.74, 6) is -1.15. The van der Waals surface area contributed by atoms with E-state index in [1.54, 1.807) is 66.7 Å². The highest BCUT2D eigenvalue weighted by Gasteiger charge is 2.12. The summed E-state index contributed by atoms with van der Waals surface area (Å²) in [4.78, 5) is 36.0. The number of hydrazone groups is 1. The molecule has 2 N–H and O–H groups in total. The van der Waals surface area contributed by atoms with Crippen LogP contribution >= 0.6 is 23.2 Å². The molecule has 3 aromatic rings. The van der Waals surface area contributed by atoms with Gasteiger partial charge in [-0.05, 0) is 60.2 Å². The first kappa shape index (κ1) is 23.0. The molecular formula is C23H17Cl2N3O4. The van der Waals surface area contributed by atoms with Crippen LogP contribution in [0.3, 0.4) is 0 Å². The number of carbonyl (C=O) groups is 3. The average molecular weight is 470 g/mol. The number of halogens is 2. The highest BCUT2D eigenvalue weighted by atomic mass is 35.5. The quantitative estimate of drug-likeness (QED) is 0.235. The smallest absolute Gasteiger partial charge is 0.345 e. The van der Waals surface area contributed by atoms with Crippen molar-refractivity contribution in [2.75, 3.05) is 6.54 Å². The summed E-state index contributed by atoms with van der Waals surface area (Å²) < 4.78 is 5.29. The van der Waals surface area contributed by atoms with Gasteiger partial charge in [-0.2, -0.15) is 5.10 Å².